The Balaban J connectivity index is 2.62. The zero-order valence-electron chi connectivity index (χ0n) is 16.2. The molecule has 146 valence electrons. The zero-order valence-corrected chi connectivity index (χ0v) is 17.1. The topological polar surface area (TPSA) is 73.9 Å². The summed E-state index contributed by atoms with van der Waals surface area (Å²) in [5.41, 5.74) is 0. The number of amides is 1. The van der Waals surface area contributed by atoms with Crippen LogP contribution in [0.25, 0.3) is 0 Å². The van der Waals surface area contributed by atoms with Crippen LogP contribution < -0.4 is 5.32 Å². The highest BCUT2D eigenvalue weighted by molar-refractivity contribution is 7.48. The number of carbonyl (C=O) groups is 1. The second-order valence-electron chi connectivity index (χ2n) is 7.52. The Morgan fingerprint density at radius 1 is 1.08 bits per heavy atom. The number of carbonyl (C=O) groups excluding carboxylic acids is 1. The first-order valence-electron chi connectivity index (χ1n) is 9.27. The third-order valence-corrected chi connectivity index (χ3v) is 5.12. The molecule has 0 bridgehead atoms. The van der Waals surface area contributed by atoms with Gasteiger partial charge in [0.1, 0.15) is 5.76 Å². The molecule has 0 heterocycles. The van der Waals surface area contributed by atoms with Gasteiger partial charge in [-0.15, -0.1) is 0 Å². The summed E-state index contributed by atoms with van der Waals surface area (Å²) in [5.74, 6) is 0.379. The third-order valence-electron chi connectivity index (χ3n) is 3.67. The minimum absolute atomic E-state index is 0.193. The summed E-state index contributed by atoms with van der Waals surface area (Å²) in [7, 11) is -3.73. The highest BCUT2D eigenvalue weighted by Crippen LogP contribution is 2.51. The normalized spacial score (nSPS) is 17.2. The molecule has 1 aliphatic rings. The smallest absolute Gasteiger partial charge is 0.409 e. The summed E-state index contributed by atoms with van der Waals surface area (Å²) < 4.78 is 28.9. The van der Waals surface area contributed by atoms with E-state index in [-0.39, 0.29) is 42.8 Å². The molecule has 1 aliphatic carbocycles. The molecule has 0 spiro atoms. The maximum absolute atomic E-state index is 12.8. The first-order chi connectivity index (χ1) is 11.7. The molecule has 0 aromatic rings. The van der Waals surface area contributed by atoms with Gasteiger partial charge >= 0.3 is 7.82 Å². The van der Waals surface area contributed by atoms with E-state index in [1.54, 1.807) is 6.92 Å². The summed E-state index contributed by atoms with van der Waals surface area (Å²) in [5, 5.41) is 2.97. The van der Waals surface area contributed by atoms with Crippen molar-refractivity contribution < 1.29 is 22.9 Å². The maximum atomic E-state index is 12.8. The van der Waals surface area contributed by atoms with Gasteiger partial charge in [-0.1, -0.05) is 47.0 Å². The molecule has 1 fully saturated rings. The van der Waals surface area contributed by atoms with Gasteiger partial charge in [0.15, 0.2) is 0 Å². The van der Waals surface area contributed by atoms with Crippen molar-refractivity contribution in [1.82, 2.24) is 5.32 Å². The molecule has 1 rings (SSSR count). The van der Waals surface area contributed by atoms with Crippen LogP contribution >= 0.6 is 7.82 Å². The van der Waals surface area contributed by atoms with E-state index < -0.39 is 7.82 Å². The van der Waals surface area contributed by atoms with E-state index >= 15 is 0 Å². The standard InChI is InChI=1S/C18H34NO5P/c1-14(2)12-22-25(21,23-13-15(3)4)24-16(5)11-18(20)19-17-9-7-6-8-10-17/h11,14-15,17H,6-10,12-13H2,1-5H3,(H,19,20). The number of hydrogen-bond acceptors (Lipinski definition) is 5. The van der Waals surface area contributed by atoms with Gasteiger partial charge in [0.2, 0.25) is 5.91 Å². The van der Waals surface area contributed by atoms with Crippen molar-refractivity contribution in [2.45, 2.75) is 72.8 Å². The van der Waals surface area contributed by atoms with E-state index in [1.807, 2.05) is 27.7 Å². The van der Waals surface area contributed by atoms with Crippen LogP contribution in [0.5, 0.6) is 0 Å². The van der Waals surface area contributed by atoms with Crippen LogP contribution in [0.15, 0.2) is 11.8 Å². The number of phosphoric ester groups is 1. The second-order valence-corrected chi connectivity index (χ2v) is 9.11. The van der Waals surface area contributed by atoms with Crippen molar-refractivity contribution in [3.8, 4) is 0 Å². The van der Waals surface area contributed by atoms with Gasteiger partial charge in [0.05, 0.1) is 13.2 Å². The number of phosphoric acid groups is 1. The Morgan fingerprint density at radius 2 is 1.60 bits per heavy atom. The van der Waals surface area contributed by atoms with Crippen LogP contribution in [0.1, 0.15) is 66.7 Å². The third kappa shape index (κ3) is 10.0. The number of rotatable bonds is 10. The predicted molar refractivity (Wildman–Crippen MR) is 99.0 cm³/mol. The van der Waals surface area contributed by atoms with Crippen LogP contribution in [-0.4, -0.2) is 25.2 Å². The van der Waals surface area contributed by atoms with E-state index in [1.165, 1.54) is 12.5 Å². The van der Waals surface area contributed by atoms with Gasteiger partial charge in [-0.3, -0.25) is 13.8 Å². The van der Waals surface area contributed by atoms with E-state index in [9.17, 15) is 9.36 Å². The molecule has 0 atom stereocenters. The minimum Gasteiger partial charge on any atom is -0.409 e. The average Bonchev–Trinajstić information content (AvgIpc) is 2.52. The molecule has 0 aliphatic heterocycles. The van der Waals surface area contributed by atoms with Crippen LogP contribution in [0.4, 0.5) is 0 Å². The molecule has 1 saturated carbocycles. The largest absolute Gasteiger partial charge is 0.529 e. The van der Waals surface area contributed by atoms with Gasteiger partial charge in [0.25, 0.3) is 0 Å². The molecule has 25 heavy (non-hydrogen) atoms. The first-order valence-corrected chi connectivity index (χ1v) is 10.7. The molecule has 1 amide bonds. The lowest BCUT2D eigenvalue weighted by atomic mass is 9.95. The van der Waals surface area contributed by atoms with Gasteiger partial charge < -0.3 is 9.84 Å². The van der Waals surface area contributed by atoms with Gasteiger partial charge in [0, 0.05) is 12.1 Å². The average molecular weight is 375 g/mol. The summed E-state index contributed by atoms with van der Waals surface area (Å²) in [4.78, 5) is 12.1. The predicted octanol–water partition coefficient (Wildman–Crippen LogP) is 4.81. The summed E-state index contributed by atoms with van der Waals surface area (Å²) in [6.45, 7) is 9.92. The molecule has 7 heteroatoms. The molecule has 0 aromatic carbocycles. The number of hydrogen-bond donors (Lipinski definition) is 1. The lowest BCUT2D eigenvalue weighted by Crippen LogP contribution is -2.35. The molecule has 0 saturated heterocycles. The van der Waals surface area contributed by atoms with Gasteiger partial charge in [-0.2, -0.15) is 0 Å². The molecule has 0 unspecified atom stereocenters. The van der Waals surface area contributed by atoms with E-state index in [2.05, 4.69) is 5.32 Å². The SMILES string of the molecule is CC(=CC(=O)NC1CCCCC1)OP(=O)(OCC(C)C)OCC(C)C. The van der Waals surface area contributed by atoms with Crippen molar-refractivity contribution in [3.05, 3.63) is 11.8 Å². The minimum atomic E-state index is -3.73. The summed E-state index contributed by atoms with van der Waals surface area (Å²) >= 11 is 0. The van der Waals surface area contributed by atoms with E-state index in [0.29, 0.717) is 0 Å². The molecular formula is C18H34NO5P. The fourth-order valence-electron chi connectivity index (χ4n) is 2.45. The van der Waals surface area contributed by atoms with Crippen molar-refractivity contribution in [2.75, 3.05) is 13.2 Å². The molecule has 0 radical (unpaired) electrons. The lowest BCUT2D eigenvalue weighted by molar-refractivity contribution is -0.117. The monoisotopic (exact) mass is 375 g/mol. The van der Waals surface area contributed by atoms with E-state index in [4.69, 9.17) is 13.6 Å². The summed E-state index contributed by atoms with van der Waals surface area (Å²) in [6, 6.07) is 0.214. The van der Waals surface area contributed by atoms with Crippen molar-refractivity contribution >= 4 is 13.7 Å². The van der Waals surface area contributed by atoms with Crippen LogP contribution in [-0.2, 0) is 22.9 Å². The number of allylic oxidation sites excluding steroid dienone is 1. The van der Waals surface area contributed by atoms with E-state index in [0.717, 1.165) is 25.7 Å². The van der Waals surface area contributed by atoms with Crippen molar-refractivity contribution in [3.63, 3.8) is 0 Å². The van der Waals surface area contributed by atoms with Gasteiger partial charge in [-0.25, -0.2) is 4.57 Å². The molecular weight excluding hydrogens is 341 g/mol. The molecule has 0 aromatic heterocycles. The highest BCUT2D eigenvalue weighted by atomic mass is 31.2. The number of nitrogens with one attached hydrogen (secondary N) is 1. The quantitative estimate of drug-likeness (QED) is 0.337. The first kappa shape index (κ1) is 22.2. The maximum Gasteiger partial charge on any atom is 0.529 e. The second kappa shape index (κ2) is 11.0. The Hall–Kier alpha value is -0.840. The van der Waals surface area contributed by atoms with Crippen molar-refractivity contribution in [2.24, 2.45) is 11.8 Å². The molecule has 6 nitrogen and oxygen atoms in total. The Labute approximate surface area is 152 Å². The highest BCUT2D eigenvalue weighted by Gasteiger charge is 2.29. The Morgan fingerprint density at radius 3 is 2.08 bits per heavy atom. The van der Waals surface area contributed by atoms with Crippen LogP contribution in [0, 0.1) is 11.8 Å². The zero-order chi connectivity index (χ0) is 18.9. The van der Waals surface area contributed by atoms with Crippen LogP contribution in [0.2, 0.25) is 0 Å². The van der Waals surface area contributed by atoms with Crippen molar-refractivity contribution in [1.29, 1.82) is 0 Å². The summed E-state index contributed by atoms with van der Waals surface area (Å²) in [6.07, 6.45) is 6.85. The fraction of sp³-hybridized carbons (Fsp3) is 0.833. The lowest BCUT2D eigenvalue weighted by Gasteiger charge is -2.23. The fourth-order valence-corrected chi connectivity index (χ4v) is 3.99. The van der Waals surface area contributed by atoms with Gasteiger partial charge in [-0.05, 0) is 31.6 Å². The molecule has 1 N–H and O–H groups in total. The Kier molecular flexibility index (Phi) is 9.77. The van der Waals surface area contributed by atoms with Crippen LogP contribution in [0.3, 0.4) is 0 Å². The Bertz CT molecular complexity index is 468.